The normalized spacial score (nSPS) is 19.2. The monoisotopic (exact) mass is 353 g/mol. The first kappa shape index (κ1) is 17.9. The summed E-state index contributed by atoms with van der Waals surface area (Å²) < 4.78 is 46.1. The molecule has 0 saturated carbocycles. The van der Waals surface area contributed by atoms with Gasteiger partial charge in [-0.25, -0.2) is 0 Å². The molecule has 0 amide bonds. The molecule has 0 unspecified atom stereocenters. The molecule has 1 aromatic heterocycles. The van der Waals surface area contributed by atoms with Crippen LogP contribution in [0, 0.1) is 0 Å². The summed E-state index contributed by atoms with van der Waals surface area (Å²) in [6.45, 7) is 4.02. The Morgan fingerprint density at radius 2 is 2.08 bits per heavy atom. The van der Waals surface area contributed by atoms with Gasteiger partial charge in [-0.1, -0.05) is 18.2 Å². The Kier molecular flexibility index (Phi) is 5.75. The van der Waals surface area contributed by atoms with Gasteiger partial charge in [-0.15, -0.1) is 0 Å². The summed E-state index contributed by atoms with van der Waals surface area (Å²) in [6, 6.07) is 7.42. The zero-order chi connectivity index (χ0) is 17.7. The Hall–Kier alpha value is -1.86. The molecule has 0 N–H and O–H groups in total. The van der Waals surface area contributed by atoms with Crippen molar-refractivity contribution >= 4 is 0 Å². The first-order valence-electron chi connectivity index (χ1n) is 8.48. The Morgan fingerprint density at radius 1 is 1.20 bits per heavy atom. The lowest BCUT2D eigenvalue weighted by molar-refractivity contribution is -0.137. The second-order valence-corrected chi connectivity index (χ2v) is 6.32. The van der Waals surface area contributed by atoms with E-state index in [0.29, 0.717) is 18.6 Å². The van der Waals surface area contributed by atoms with Crippen molar-refractivity contribution in [2.75, 3.05) is 26.2 Å². The van der Waals surface area contributed by atoms with Crippen LogP contribution in [0.3, 0.4) is 0 Å². The van der Waals surface area contributed by atoms with Crippen LogP contribution in [0.15, 0.2) is 42.7 Å². The highest BCUT2D eigenvalue weighted by Crippen LogP contribution is 2.30. The van der Waals surface area contributed by atoms with Crippen LogP contribution >= 0.6 is 0 Å². The molecular formula is C18H22F3N3O. The van der Waals surface area contributed by atoms with Crippen molar-refractivity contribution in [3.63, 3.8) is 0 Å². The number of alkyl halides is 3. The van der Waals surface area contributed by atoms with Crippen molar-refractivity contribution < 1.29 is 17.9 Å². The van der Waals surface area contributed by atoms with Gasteiger partial charge in [0.1, 0.15) is 0 Å². The molecule has 1 aliphatic heterocycles. The maximum absolute atomic E-state index is 12.8. The number of aryl methyl sites for hydroxylation is 1. The molecule has 1 saturated heterocycles. The van der Waals surface area contributed by atoms with E-state index >= 15 is 0 Å². The molecule has 0 radical (unpaired) electrons. The summed E-state index contributed by atoms with van der Waals surface area (Å²) in [7, 11) is 0. The van der Waals surface area contributed by atoms with Gasteiger partial charge < -0.3 is 4.74 Å². The minimum Gasteiger partial charge on any atom is -0.375 e. The zero-order valence-corrected chi connectivity index (χ0v) is 14.0. The van der Waals surface area contributed by atoms with Gasteiger partial charge in [0.15, 0.2) is 0 Å². The lowest BCUT2D eigenvalue weighted by Gasteiger charge is -2.33. The van der Waals surface area contributed by atoms with Gasteiger partial charge in [-0.05, 0) is 30.5 Å². The standard InChI is InChI=1S/C18H22F3N3O/c19-18(20,21)16-5-1-4-15(12-16)13-17-14-23(10-11-25-17)7-3-9-24-8-2-6-22-24/h1-2,4-6,8,12,17H,3,7,9-11,13-14H2/t17-/m0/s1. The number of benzene rings is 1. The fourth-order valence-corrected chi connectivity index (χ4v) is 3.13. The van der Waals surface area contributed by atoms with Gasteiger partial charge in [0, 0.05) is 38.6 Å². The molecule has 7 heteroatoms. The van der Waals surface area contributed by atoms with Crippen molar-refractivity contribution in [3.8, 4) is 0 Å². The van der Waals surface area contributed by atoms with Crippen LogP contribution in [0.1, 0.15) is 17.5 Å². The van der Waals surface area contributed by atoms with E-state index in [0.717, 1.165) is 38.7 Å². The Morgan fingerprint density at radius 3 is 2.84 bits per heavy atom. The Balaban J connectivity index is 1.49. The quantitative estimate of drug-likeness (QED) is 0.799. The van der Waals surface area contributed by atoms with Crippen LogP contribution in [0.4, 0.5) is 13.2 Å². The number of nitrogens with zero attached hydrogens (tertiary/aromatic N) is 3. The number of rotatable bonds is 6. The molecule has 2 heterocycles. The first-order chi connectivity index (χ1) is 12.0. The summed E-state index contributed by atoms with van der Waals surface area (Å²) in [4.78, 5) is 2.31. The number of morpholine rings is 1. The summed E-state index contributed by atoms with van der Waals surface area (Å²) in [5.41, 5.74) is 0.0649. The molecule has 1 aliphatic rings. The second-order valence-electron chi connectivity index (χ2n) is 6.32. The minimum atomic E-state index is -4.30. The van der Waals surface area contributed by atoms with E-state index in [1.54, 1.807) is 12.3 Å². The third kappa shape index (κ3) is 5.31. The molecule has 25 heavy (non-hydrogen) atoms. The molecule has 1 fully saturated rings. The molecule has 136 valence electrons. The number of hydrogen-bond acceptors (Lipinski definition) is 3. The van der Waals surface area contributed by atoms with Crippen molar-refractivity contribution in [3.05, 3.63) is 53.9 Å². The molecule has 3 rings (SSSR count). The van der Waals surface area contributed by atoms with Crippen molar-refractivity contribution in [1.82, 2.24) is 14.7 Å². The molecule has 0 aliphatic carbocycles. The molecule has 0 spiro atoms. The second kappa shape index (κ2) is 8.01. The summed E-state index contributed by atoms with van der Waals surface area (Å²) in [5, 5.41) is 4.18. The Bertz CT molecular complexity index is 658. The Labute approximate surface area is 145 Å². The van der Waals surface area contributed by atoms with Gasteiger partial charge in [-0.2, -0.15) is 18.3 Å². The van der Waals surface area contributed by atoms with Crippen molar-refractivity contribution in [1.29, 1.82) is 0 Å². The van der Waals surface area contributed by atoms with E-state index in [9.17, 15) is 13.2 Å². The zero-order valence-electron chi connectivity index (χ0n) is 14.0. The van der Waals surface area contributed by atoms with Crippen molar-refractivity contribution in [2.45, 2.75) is 31.7 Å². The van der Waals surface area contributed by atoms with Gasteiger partial charge in [0.05, 0.1) is 18.3 Å². The van der Waals surface area contributed by atoms with Gasteiger partial charge in [0.25, 0.3) is 0 Å². The van der Waals surface area contributed by atoms with Gasteiger partial charge in [-0.3, -0.25) is 9.58 Å². The van der Waals surface area contributed by atoms with E-state index in [2.05, 4.69) is 10.00 Å². The van der Waals surface area contributed by atoms with Crippen LogP contribution in [0.2, 0.25) is 0 Å². The van der Waals surface area contributed by atoms with Crippen LogP contribution in [-0.4, -0.2) is 47.0 Å². The molecule has 2 aromatic rings. The average Bonchev–Trinajstić information content (AvgIpc) is 3.08. The van der Waals surface area contributed by atoms with Crippen LogP contribution in [0.5, 0.6) is 0 Å². The highest BCUT2D eigenvalue weighted by atomic mass is 19.4. The average molecular weight is 353 g/mol. The highest BCUT2D eigenvalue weighted by molar-refractivity contribution is 5.26. The molecule has 4 nitrogen and oxygen atoms in total. The molecule has 0 bridgehead atoms. The lowest BCUT2D eigenvalue weighted by Crippen LogP contribution is -2.43. The molecular weight excluding hydrogens is 331 g/mol. The molecule has 1 atom stereocenters. The van der Waals surface area contributed by atoms with Crippen LogP contribution in [0.25, 0.3) is 0 Å². The molecule has 1 aromatic carbocycles. The van der Waals surface area contributed by atoms with Crippen molar-refractivity contribution in [2.24, 2.45) is 0 Å². The summed E-state index contributed by atoms with van der Waals surface area (Å²) >= 11 is 0. The summed E-state index contributed by atoms with van der Waals surface area (Å²) in [6.07, 6.45) is 0.816. The van der Waals surface area contributed by atoms with E-state index in [4.69, 9.17) is 4.74 Å². The largest absolute Gasteiger partial charge is 0.416 e. The van der Waals surface area contributed by atoms with Crippen LogP contribution < -0.4 is 0 Å². The third-order valence-electron chi connectivity index (χ3n) is 4.36. The SMILES string of the molecule is FC(F)(F)c1cccc(C[C@H]2CN(CCCn3cccn3)CCO2)c1. The van der Waals surface area contributed by atoms with E-state index in [1.165, 1.54) is 12.1 Å². The number of hydrogen-bond donors (Lipinski definition) is 0. The minimum absolute atomic E-state index is 0.0677. The third-order valence-corrected chi connectivity index (χ3v) is 4.36. The fourth-order valence-electron chi connectivity index (χ4n) is 3.13. The number of halogens is 3. The van der Waals surface area contributed by atoms with Gasteiger partial charge >= 0.3 is 6.18 Å². The van der Waals surface area contributed by atoms with E-state index in [1.807, 2.05) is 16.9 Å². The van der Waals surface area contributed by atoms with Gasteiger partial charge in [0.2, 0.25) is 0 Å². The lowest BCUT2D eigenvalue weighted by atomic mass is 10.0. The maximum Gasteiger partial charge on any atom is 0.416 e. The predicted octanol–water partition coefficient (Wildman–Crippen LogP) is 3.24. The fraction of sp³-hybridized carbons (Fsp3) is 0.500. The topological polar surface area (TPSA) is 30.3 Å². The first-order valence-corrected chi connectivity index (χ1v) is 8.48. The highest BCUT2D eigenvalue weighted by Gasteiger charge is 2.30. The maximum atomic E-state index is 12.8. The predicted molar refractivity (Wildman–Crippen MR) is 88.2 cm³/mol. The van der Waals surface area contributed by atoms with Crippen LogP contribution in [-0.2, 0) is 23.9 Å². The van der Waals surface area contributed by atoms with E-state index in [-0.39, 0.29) is 6.10 Å². The smallest absolute Gasteiger partial charge is 0.375 e. The number of ether oxygens (including phenoxy) is 1. The number of aromatic nitrogens is 2. The van der Waals surface area contributed by atoms with E-state index < -0.39 is 11.7 Å². The summed E-state index contributed by atoms with van der Waals surface area (Å²) in [5.74, 6) is 0.